The van der Waals surface area contributed by atoms with Crippen LogP contribution in [0.1, 0.15) is 12.8 Å². The van der Waals surface area contributed by atoms with Gasteiger partial charge in [-0.1, -0.05) is 6.07 Å². The highest BCUT2D eigenvalue weighted by Gasteiger charge is 2.33. The topological polar surface area (TPSA) is 79.4 Å². The van der Waals surface area contributed by atoms with Gasteiger partial charge in [-0.25, -0.2) is 8.42 Å². The lowest BCUT2D eigenvalue weighted by Gasteiger charge is -2.30. The molecule has 1 N–H and O–H groups in total. The summed E-state index contributed by atoms with van der Waals surface area (Å²) in [6.07, 6.45) is 2.72. The highest BCUT2D eigenvalue weighted by Crippen LogP contribution is 2.31. The number of nitrogens with zero attached hydrogens (tertiary/aromatic N) is 2. The van der Waals surface area contributed by atoms with Crippen molar-refractivity contribution in [1.82, 2.24) is 9.29 Å². The number of rotatable bonds is 4. The first-order valence-electron chi connectivity index (χ1n) is 8.85. The molecule has 9 heteroatoms. The van der Waals surface area contributed by atoms with E-state index in [4.69, 9.17) is 0 Å². The third kappa shape index (κ3) is 3.84. The number of fused-ring (bicyclic) bond motifs is 1. The van der Waals surface area contributed by atoms with Gasteiger partial charge in [-0.05, 0) is 65.2 Å². The molecule has 1 fully saturated rings. The lowest BCUT2D eigenvalue weighted by atomic mass is 9.97. The molecule has 3 heterocycles. The number of carbonyl (C=O) groups excluding carboxylic acids is 1. The molecule has 0 atom stereocenters. The minimum atomic E-state index is -3.50. The molecule has 6 nitrogen and oxygen atoms in total. The van der Waals surface area contributed by atoms with Crippen LogP contribution in [0.4, 0.5) is 5.69 Å². The van der Waals surface area contributed by atoms with Gasteiger partial charge in [0.05, 0.1) is 15.0 Å². The molecule has 1 aliphatic heterocycles. The van der Waals surface area contributed by atoms with Crippen molar-refractivity contribution >= 4 is 59.8 Å². The van der Waals surface area contributed by atoms with E-state index < -0.39 is 10.0 Å². The zero-order valence-corrected chi connectivity index (χ0v) is 18.1. The van der Waals surface area contributed by atoms with Gasteiger partial charge in [-0.15, -0.1) is 11.3 Å². The molecule has 146 valence electrons. The molecule has 4 rings (SSSR count). The summed E-state index contributed by atoms with van der Waals surface area (Å²) in [5.41, 5.74) is 1.55. The van der Waals surface area contributed by atoms with E-state index in [2.05, 4.69) is 26.2 Å². The molecule has 1 aliphatic rings. The summed E-state index contributed by atoms with van der Waals surface area (Å²) in [4.78, 5) is 17.0. The Labute approximate surface area is 175 Å². The number of amides is 1. The average molecular weight is 480 g/mol. The maximum atomic E-state index is 12.7. The zero-order valence-electron chi connectivity index (χ0n) is 14.8. The Kier molecular flexibility index (Phi) is 5.50. The Morgan fingerprint density at radius 1 is 1.14 bits per heavy atom. The number of hydrogen-bond acceptors (Lipinski definition) is 5. The predicted molar refractivity (Wildman–Crippen MR) is 114 cm³/mol. The number of benzene rings is 1. The van der Waals surface area contributed by atoms with Crippen LogP contribution in [0.5, 0.6) is 0 Å². The summed E-state index contributed by atoms with van der Waals surface area (Å²) < 4.78 is 28.0. The van der Waals surface area contributed by atoms with Gasteiger partial charge in [0.2, 0.25) is 5.91 Å². The van der Waals surface area contributed by atoms with Crippen LogP contribution < -0.4 is 5.32 Å². The Bertz CT molecular complexity index is 1120. The van der Waals surface area contributed by atoms with E-state index in [1.54, 1.807) is 18.3 Å². The predicted octanol–water partition coefficient (Wildman–Crippen LogP) is 4.10. The number of sulfonamides is 1. The molecule has 0 unspecified atom stereocenters. The second-order valence-electron chi connectivity index (χ2n) is 6.60. The Balaban J connectivity index is 1.43. The van der Waals surface area contributed by atoms with Crippen molar-refractivity contribution in [3.8, 4) is 0 Å². The number of carbonyl (C=O) groups is 1. The van der Waals surface area contributed by atoms with Crippen LogP contribution in [0.15, 0.2) is 56.7 Å². The van der Waals surface area contributed by atoms with Crippen molar-refractivity contribution in [2.24, 2.45) is 5.92 Å². The van der Waals surface area contributed by atoms with Crippen molar-refractivity contribution in [3.05, 3.63) is 52.4 Å². The number of hydrogen-bond donors (Lipinski definition) is 1. The standard InChI is InChI=1S/C19H18BrN3O3S2/c20-17-6-7-18(27-17)28(25,26)23-11-8-13(9-12-23)19(24)22-16-5-1-4-15-14(16)3-2-10-21-15/h1-7,10,13H,8-9,11-12H2,(H,22,24). The number of thiophene rings is 1. The molecule has 1 saturated heterocycles. The third-order valence-corrected chi connectivity index (χ3v) is 8.86. The number of nitrogens with one attached hydrogen (secondary N) is 1. The van der Waals surface area contributed by atoms with Crippen LogP contribution in [0, 0.1) is 5.92 Å². The van der Waals surface area contributed by atoms with Crippen LogP contribution in [-0.2, 0) is 14.8 Å². The summed E-state index contributed by atoms with van der Waals surface area (Å²) in [7, 11) is -3.50. The minimum absolute atomic E-state index is 0.0766. The van der Waals surface area contributed by atoms with E-state index in [0.717, 1.165) is 20.4 Å². The maximum Gasteiger partial charge on any atom is 0.252 e. The van der Waals surface area contributed by atoms with Gasteiger partial charge in [0, 0.05) is 30.6 Å². The van der Waals surface area contributed by atoms with Crippen LogP contribution in [-0.4, -0.2) is 36.7 Å². The third-order valence-electron chi connectivity index (χ3n) is 4.87. The first kappa shape index (κ1) is 19.5. The molecule has 28 heavy (non-hydrogen) atoms. The highest BCUT2D eigenvalue weighted by molar-refractivity contribution is 9.11. The summed E-state index contributed by atoms with van der Waals surface area (Å²) in [6.45, 7) is 0.681. The molecule has 0 spiro atoms. The van der Waals surface area contributed by atoms with Crippen LogP contribution in [0.2, 0.25) is 0 Å². The van der Waals surface area contributed by atoms with E-state index in [9.17, 15) is 13.2 Å². The zero-order chi connectivity index (χ0) is 19.7. The Morgan fingerprint density at radius 2 is 1.93 bits per heavy atom. The van der Waals surface area contributed by atoms with Crippen LogP contribution in [0.3, 0.4) is 0 Å². The lowest BCUT2D eigenvalue weighted by Crippen LogP contribution is -2.41. The van der Waals surface area contributed by atoms with Gasteiger partial charge in [0.15, 0.2) is 0 Å². The van der Waals surface area contributed by atoms with Gasteiger partial charge < -0.3 is 5.32 Å². The number of piperidine rings is 1. The Morgan fingerprint density at radius 3 is 2.64 bits per heavy atom. The second-order valence-corrected chi connectivity index (χ2v) is 11.2. The molecular formula is C19H18BrN3O3S2. The van der Waals surface area contributed by atoms with Crippen molar-refractivity contribution in [2.45, 2.75) is 17.1 Å². The smallest absolute Gasteiger partial charge is 0.252 e. The normalized spacial score (nSPS) is 16.3. The fraction of sp³-hybridized carbons (Fsp3) is 0.263. The number of halogens is 1. The lowest BCUT2D eigenvalue weighted by molar-refractivity contribution is -0.120. The van der Waals surface area contributed by atoms with E-state index >= 15 is 0 Å². The van der Waals surface area contributed by atoms with E-state index in [1.807, 2.05) is 30.3 Å². The average Bonchev–Trinajstić information content (AvgIpc) is 3.15. The minimum Gasteiger partial charge on any atom is -0.325 e. The van der Waals surface area contributed by atoms with Crippen molar-refractivity contribution in [1.29, 1.82) is 0 Å². The molecular weight excluding hydrogens is 462 g/mol. The van der Waals surface area contributed by atoms with Gasteiger partial charge in [0.25, 0.3) is 10.0 Å². The monoisotopic (exact) mass is 479 g/mol. The van der Waals surface area contributed by atoms with Crippen molar-refractivity contribution < 1.29 is 13.2 Å². The summed E-state index contributed by atoms with van der Waals surface area (Å²) in [5.74, 6) is -0.291. The summed E-state index contributed by atoms with van der Waals surface area (Å²) >= 11 is 4.50. The Hall–Kier alpha value is -1.81. The number of pyridine rings is 1. The first-order chi connectivity index (χ1) is 13.4. The number of aromatic nitrogens is 1. The van der Waals surface area contributed by atoms with Gasteiger partial charge >= 0.3 is 0 Å². The maximum absolute atomic E-state index is 12.7. The molecule has 1 amide bonds. The molecule has 3 aromatic rings. The molecule has 2 aromatic heterocycles. The molecule has 0 radical (unpaired) electrons. The van der Waals surface area contributed by atoms with Crippen LogP contribution >= 0.6 is 27.3 Å². The quantitative estimate of drug-likeness (QED) is 0.610. The highest BCUT2D eigenvalue weighted by atomic mass is 79.9. The van der Waals surface area contributed by atoms with E-state index in [1.165, 1.54) is 15.6 Å². The molecule has 0 saturated carbocycles. The fourth-order valence-corrected chi connectivity index (χ4v) is 7.00. The SMILES string of the molecule is O=C(Nc1cccc2ncccc12)C1CCN(S(=O)(=O)c2ccc(Br)s2)CC1. The van der Waals surface area contributed by atoms with Gasteiger partial charge in [-0.2, -0.15) is 4.31 Å². The first-order valence-corrected chi connectivity index (χ1v) is 11.9. The fourth-order valence-electron chi connectivity index (χ4n) is 3.37. The van der Waals surface area contributed by atoms with E-state index in [-0.39, 0.29) is 11.8 Å². The molecule has 0 bridgehead atoms. The van der Waals surface area contributed by atoms with Gasteiger partial charge in [-0.3, -0.25) is 9.78 Å². The summed E-state index contributed by atoms with van der Waals surface area (Å²) in [5, 5.41) is 3.88. The van der Waals surface area contributed by atoms with Crippen molar-refractivity contribution in [2.75, 3.05) is 18.4 Å². The second kappa shape index (κ2) is 7.90. The molecule has 0 aliphatic carbocycles. The largest absolute Gasteiger partial charge is 0.325 e. The van der Waals surface area contributed by atoms with E-state index in [0.29, 0.717) is 30.1 Å². The van der Waals surface area contributed by atoms with Crippen LogP contribution in [0.25, 0.3) is 10.9 Å². The summed E-state index contributed by atoms with van der Waals surface area (Å²) in [6, 6.07) is 12.7. The molecule has 1 aromatic carbocycles. The van der Waals surface area contributed by atoms with Crippen molar-refractivity contribution in [3.63, 3.8) is 0 Å². The number of anilines is 1. The van der Waals surface area contributed by atoms with Gasteiger partial charge in [0.1, 0.15) is 4.21 Å².